The summed E-state index contributed by atoms with van der Waals surface area (Å²) in [7, 11) is 0. The first-order valence-electron chi connectivity index (χ1n) is 6.07. The van der Waals surface area contributed by atoms with Crippen molar-refractivity contribution in [3.05, 3.63) is 0 Å². The number of hydrogen-bond donors (Lipinski definition) is 1. The number of thioether (sulfide) groups is 1. The highest BCUT2D eigenvalue weighted by molar-refractivity contribution is 7.99. The standard InChI is InChI=1S/C12H24O2S/c1-2-3-4-5-6-7-8-10-15-11-9-12(13)14/h2-11H2,1H3,(H,13,14). The van der Waals surface area contributed by atoms with Crippen molar-refractivity contribution < 1.29 is 9.90 Å². The van der Waals surface area contributed by atoms with Crippen molar-refractivity contribution in [2.45, 2.75) is 58.3 Å². The third-order valence-corrected chi connectivity index (χ3v) is 3.42. The normalized spacial score (nSPS) is 10.5. The van der Waals surface area contributed by atoms with Crippen molar-refractivity contribution in [1.29, 1.82) is 0 Å². The van der Waals surface area contributed by atoms with Gasteiger partial charge in [0.2, 0.25) is 0 Å². The Morgan fingerprint density at radius 2 is 1.60 bits per heavy atom. The van der Waals surface area contributed by atoms with E-state index in [1.54, 1.807) is 11.8 Å². The summed E-state index contributed by atoms with van der Waals surface area (Å²) < 4.78 is 0. The third kappa shape index (κ3) is 13.8. The van der Waals surface area contributed by atoms with Crippen LogP contribution in [0.15, 0.2) is 0 Å². The lowest BCUT2D eigenvalue weighted by atomic mass is 10.1. The quantitative estimate of drug-likeness (QED) is 0.548. The van der Waals surface area contributed by atoms with Gasteiger partial charge in [0.15, 0.2) is 0 Å². The van der Waals surface area contributed by atoms with Gasteiger partial charge in [-0.3, -0.25) is 4.79 Å². The van der Waals surface area contributed by atoms with Gasteiger partial charge in [-0.05, 0) is 12.2 Å². The highest BCUT2D eigenvalue weighted by Crippen LogP contribution is 2.11. The van der Waals surface area contributed by atoms with Gasteiger partial charge in [0.1, 0.15) is 0 Å². The van der Waals surface area contributed by atoms with Gasteiger partial charge in [-0.1, -0.05) is 45.4 Å². The molecule has 0 aromatic rings. The Hall–Kier alpha value is -0.180. The molecule has 0 unspecified atom stereocenters. The molecule has 0 heterocycles. The van der Waals surface area contributed by atoms with E-state index in [1.807, 2.05) is 0 Å². The van der Waals surface area contributed by atoms with Crippen LogP contribution in [0.4, 0.5) is 0 Å². The topological polar surface area (TPSA) is 37.3 Å². The Balaban J connectivity index is 2.89. The van der Waals surface area contributed by atoms with E-state index in [0.29, 0.717) is 6.42 Å². The lowest BCUT2D eigenvalue weighted by Crippen LogP contribution is -1.96. The van der Waals surface area contributed by atoms with Gasteiger partial charge in [-0.25, -0.2) is 0 Å². The van der Waals surface area contributed by atoms with Crippen molar-refractivity contribution >= 4 is 17.7 Å². The van der Waals surface area contributed by atoms with Crippen molar-refractivity contribution in [1.82, 2.24) is 0 Å². The zero-order chi connectivity index (χ0) is 11.4. The van der Waals surface area contributed by atoms with Crippen LogP contribution in [0, 0.1) is 0 Å². The summed E-state index contributed by atoms with van der Waals surface area (Å²) >= 11 is 1.77. The number of aliphatic carboxylic acids is 1. The summed E-state index contributed by atoms with van der Waals surface area (Å²) in [5, 5.41) is 8.42. The second kappa shape index (κ2) is 11.9. The van der Waals surface area contributed by atoms with E-state index in [1.165, 1.54) is 44.9 Å². The predicted octanol–water partition coefficient (Wildman–Crippen LogP) is 3.94. The number of rotatable bonds is 11. The first-order valence-corrected chi connectivity index (χ1v) is 7.22. The Morgan fingerprint density at radius 3 is 2.20 bits per heavy atom. The maximum atomic E-state index is 10.2. The molecule has 0 aliphatic heterocycles. The van der Waals surface area contributed by atoms with Crippen LogP contribution in [-0.2, 0) is 4.79 Å². The average Bonchev–Trinajstić information content (AvgIpc) is 2.20. The molecule has 0 saturated heterocycles. The summed E-state index contributed by atoms with van der Waals surface area (Å²) in [6, 6.07) is 0. The molecule has 0 radical (unpaired) electrons. The van der Waals surface area contributed by atoms with E-state index in [-0.39, 0.29) is 0 Å². The minimum absolute atomic E-state index is 0.307. The van der Waals surface area contributed by atoms with Gasteiger partial charge in [-0.2, -0.15) is 11.8 Å². The Kier molecular flexibility index (Phi) is 11.7. The van der Waals surface area contributed by atoms with Crippen LogP contribution in [0.1, 0.15) is 58.3 Å². The number of carboxylic acid groups (broad SMARTS) is 1. The molecule has 0 aliphatic rings. The number of carbonyl (C=O) groups is 1. The molecule has 0 bridgehead atoms. The first kappa shape index (κ1) is 14.8. The summed E-state index contributed by atoms with van der Waals surface area (Å²) in [5.74, 6) is 1.22. The fourth-order valence-corrected chi connectivity index (χ4v) is 2.35. The van der Waals surface area contributed by atoms with Gasteiger partial charge in [0, 0.05) is 5.75 Å². The Labute approximate surface area is 97.8 Å². The second-order valence-electron chi connectivity index (χ2n) is 3.88. The summed E-state index contributed by atoms with van der Waals surface area (Å²) in [4.78, 5) is 10.2. The van der Waals surface area contributed by atoms with Crippen LogP contribution in [0.2, 0.25) is 0 Å². The maximum Gasteiger partial charge on any atom is 0.304 e. The van der Waals surface area contributed by atoms with Crippen LogP contribution >= 0.6 is 11.8 Å². The summed E-state index contributed by atoms with van der Waals surface area (Å²) in [6.45, 7) is 2.24. The predicted molar refractivity (Wildman–Crippen MR) is 67.6 cm³/mol. The average molecular weight is 232 g/mol. The largest absolute Gasteiger partial charge is 0.481 e. The molecular weight excluding hydrogens is 208 g/mol. The molecule has 0 atom stereocenters. The molecule has 0 amide bonds. The molecule has 0 spiro atoms. The van der Waals surface area contributed by atoms with Gasteiger partial charge >= 0.3 is 5.97 Å². The fraction of sp³-hybridized carbons (Fsp3) is 0.917. The lowest BCUT2D eigenvalue weighted by Gasteiger charge is -2.01. The molecule has 0 aliphatic carbocycles. The van der Waals surface area contributed by atoms with E-state index in [9.17, 15) is 4.79 Å². The Morgan fingerprint density at radius 1 is 1.00 bits per heavy atom. The molecular formula is C12H24O2S. The van der Waals surface area contributed by atoms with E-state index >= 15 is 0 Å². The number of carboxylic acids is 1. The van der Waals surface area contributed by atoms with E-state index in [2.05, 4.69) is 6.92 Å². The van der Waals surface area contributed by atoms with Crippen LogP contribution in [0.25, 0.3) is 0 Å². The SMILES string of the molecule is CCCCCCCCCSCCC(=O)O. The second-order valence-corrected chi connectivity index (χ2v) is 5.10. The van der Waals surface area contributed by atoms with Gasteiger partial charge in [0.05, 0.1) is 6.42 Å². The monoisotopic (exact) mass is 232 g/mol. The van der Waals surface area contributed by atoms with E-state index in [4.69, 9.17) is 5.11 Å². The highest BCUT2D eigenvalue weighted by Gasteiger charge is 1.96. The minimum atomic E-state index is -0.679. The zero-order valence-electron chi connectivity index (χ0n) is 9.83. The fourth-order valence-electron chi connectivity index (χ4n) is 1.42. The molecule has 0 aromatic heterocycles. The first-order chi connectivity index (χ1) is 7.27. The number of hydrogen-bond acceptors (Lipinski definition) is 2. The molecule has 0 aromatic carbocycles. The summed E-state index contributed by atoms with van der Waals surface area (Å²) in [5.41, 5.74) is 0. The van der Waals surface area contributed by atoms with E-state index < -0.39 is 5.97 Å². The summed E-state index contributed by atoms with van der Waals surface area (Å²) in [6.07, 6.45) is 9.63. The lowest BCUT2D eigenvalue weighted by molar-refractivity contribution is -0.136. The van der Waals surface area contributed by atoms with Crippen molar-refractivity contribution in [2.75, 3.05) is 11.5 Å². The van der Waals surface area contributed by atoms with Crippen molar-refractivity contribution in [3.8, 4) is 0 Å². The highest BCUT2D eigenvalue weighted by atomic mass is 32.2. The van der Waals surface area contributed by atoms with Crippen LogP contribution in [0.3, 0.4) is 0 Å². The molecule has 0 saturated carbocycles. The molecule has 1 N–H and O–H groups in total. The molecule has 0 rings (SSSR count). The van der Waals surface area contributed by atoms with Crippen LogP contribution in [-0.4, -0.2) is 22.6 Å². The molecule has 15 heavy (non-hydrogen) atoms. The van der Waals surface area contributed by atoms with Crippen molar-refractivity contribution in [3.63, 3.8) is 0 Å². The number of unbranched alkanes of at least 4 members (excludes halogenated alkanes) is 6. The van der Waals surface area contributed by atoms with E-state index in [0.717, 1.165) is 11.5 Å². The van der Waals surface area contributed by atoms with Crippen LogP contribution < -0.4 is 0 Å². The molecule has 90 valence electrons. The maximum absolute atomic E-state index is 10.2. The molecule has 0 fully saturated rings. The smallest absolute Gasteiger partial charge is 0.304 e. The third-order valence-electron chi connectivity index (χ3n) is 2.35. The van der Waals surface area contributed by atoms with Crippen LogP contribution in [0.5, 0.6) is 0 Å². The molecule has 2 nitrogen and oxygen atoms in total. The van der Waals surface area contributed by atoms with Crippen molar-refractivity contribution in [2.24, 2.45) is 0 Å². The van der Waals surface area contributed by atoms with Gasteiger partial charge in [0.25, 0.3) is 0 Å². The minimum Gasteiger partial charge on any atom is -0.481 e. The van der Waals surface area contributed by atoms with Gasteiger partial charge in [-0.15, -0.1) is 0 Å². The molecule has 3 heteroatoms. The Bertz CT molecular complexity index is 149. The zero-order valence-corrected chi connectivity index (χ0v) is 10.7. The van der Waals surface area contributed by atoms with Gasteiger partial charge < -0.3 is 5.11 Å².